The average Bonchev–Trinajstić information content (AvgIpc) is 3.05. The van der Waals surface area contributed by atoms with E-state index in [1.165, 1.54) is 6.20 Å². The number of hydrogen-bond donors (Lipinski definition) is 3. The van der Waals surface area contributed by atoms with Crippen molar-refractivity contribution in [1.29, 1.82) is 0 Å². The number of aromatic nitrogens is 3. The third-order valence-corrected chi connectivity index (χ3v) is 2.60. The number of hydrogen-bond acceptors (Lipinski definition) is 5. The van der Waals surface area contributed by atoms with Crippen molar-refractivity contribution in [2.75, 3.05) is 5.32 Å². The third kappa shape index (κ3) is 1.99. The third-order valence-electron chi connectivity index (χ3n) is 2.60. The number of anilines is 1. The minimum atomic E-state index is -0.793. The number of amides is 2. The second-order valence-electron chi connectivity index (χ2n) is 3.93. The molecule has 8 heteroatoms. The van der Waals surface area contributed by atoms with Crippen molar-refractivity contribution in [3.05, 3.63) is 42.0 Å². The average molecular weight is 271 g/mol. The van der Waals surface area contributed by atoms with Gasteiger partial charge in [-0.15, -0.1) is 0 Å². The molecule has 2 amide bonds. The number of fused-ring (bicyclic) bond motifs is 1. The highest BCUT2D eigenvalue weighted by Gasteiger charge is 2.18. The van der Waals surface area contributed by atoms with Crippen LogP contribution < -0.4 is 11.1 Å². The van der Waals surface area contributed by atoms with Gasteiger partial charge in [-0.2, -0.15) is 0 Å². The van der Waals surface area contributed by atoms with Crippen molar-refractivity contribution in [2.45, 2.75) is 0 Å². The molecule has 0 aliphatic rings. The molecule has 0 radical (unpaired) electrons. The molecule has 4 N–H and O–H groups in total. The fraction of sp³-hybridized carbons (Fsp3) is 0. The van der Waals surface area contributed by atoms with Crippen LogP contribution in [0.15, 0.2) is 35.0 Å². The van der Waals surface area contributed by atoms with Gasteiger partial charge in [-0.05, 0) is 12.1 Å². The molecule has 0 bridgehead atoms. The summed E-state index contributed by atoms with van der Waals surface area (Å²) >= 11 is 0. The van der Waals surface area contributed by atoms with E-state index < -0.39 is 11.8 Å². The zero-order valence-electron chi connectivity index (χ0n) is 10.1. The van der Waals surface area contributed by atoms with Crippen LogP contribution in [0.5, 0.6) is 0 Å². The van der Waals surface area contributed by atoms with E-state index >= 15 is 0 Å². The number of aromatic amines is 1. The van der Waals surface area contributed by atoms with E-state index in [1.807, 2.05) is 0 Å². The molecular formula is C12H9N5O3. The predicted octanol–water partition coefficient (Wildman–Crippen LogP) is 0.902. The standard InChI is InChI=1S/C12H9N5O3/c13-9(18)11-16-7-3-1-2-6(8(7)20-11)10(19)17-12-14-4-5-15-12/h1-5H,(H2,13,18)(H2,14,15,17,19). The second kappa shape index (κ2) is 4.50. The Bertz CT molecular complexity index is 791. The molecule has 0 unspecified atom stereocenters. The zero-order chi connectivity index (χ0) is 14.1. The number of oxazole rings is 1. The van der Waals surface area contributed by atoms with Crippen LogP contribution in [0.25, 0.3) is 11.1 Å². The molecule has 0 saturated carbocycles. The van der Waals surface area contributed by atoms with Gasteiger partial charge in [0.2, 0.25) is 5.95 Å². The topological polar surface area (TPSA) is 127 Å². The summed E-state index contributed by atoms with van der Waals surface area (Å²) in [6, 6.07) is 4.80. The minimum absolute atomic E-state index is 0.199. The molecule has 3 rings (SSSR count). The number of nitrogens with one attached hydrogen (secondary N) is 2. The van der Waals surface area contributed by atoms with Crippen LogP contribution >= 0.6 is 0 Å². The van der Waals surface area contributed by atoms with E-state index in [9.17, 15) is 9.59 Å². The Morgan fingerprint density at radius 2 is 2.20 bits per heavy atom. The van der Waals surface area contributed by atoms with Gasteiger partial charge in [0, 0.05) is 12.4 Å². The first-order valence-electron chi connectivity index (χ1n) is 5.65. The van der Waals surface area contributed by atoms with Crippen molar-refractivity contribution >= 4 is 28.9 Å². The molecule has 3 aromatic rings. The van der Waals surface area contributed by atoms with E-state index in [0.717, 1.165) is 0 Å². The molecule has 0 atom stereocenters. The number of primary amides is 1. The molecule has 1 aromatic carbocycles. The normalized spacial score (nSPS) is 10.6. The fourth-order valence-corrected chi connectivity index (χ4v) is 1.74. The summed E-state index contributed by atoms with van der Waals surface area (Å²) in [5.41, 5.74) is 5.92. The van der Waals surface area contributed by atoms with Crippen molar-refractivity contribution in [3.8, 4) is 0 Å². The van der Waals surface area contributed by atoms with Crippen LogP contribution in [0.1, 0.15) is 21.0 Å². The number of para-hydroxylation sites is 1. The predicted molar refractivity (Wildman–Crippen MR) is 69.1 cm³/mol. The zero-order valence-corrected chi connectivity index (χ0v) is 10.1. The fourth-order valence-electron chi connectivity index (χ4n) is 1.74. The SMILES string of the molecule is NC(=O)c1nc2cccc(C(=O)Nc3ncc[nH]3)c2o1. The maximum Gasteiger partial charge on any atom is 0.304 e. The van der Waals surface area contributed by atoms with Crippen LogP contribution in [-0.2, 0) is 0 Å². The van der Waals surface area contributed by atoms with Gasteiger partial charge in [0.1, 0.15) is 5.52 Å². The minimum Gasteiger partial charge on any atom is -0.431 e. The highest BCUT2D eigenvalue weighted by atomic mass is 16.4. The summed E-state index contributed by atoms with van der Waals surface area (Å²) in [5, 5.41) is 2.56. The summed E-state index contributed by atoms with van der Waals surface area (Å²) in [7, 11) is 0. The number of benzene rings is 1. The van der Waals surface area contributed by atoms with Crippen LogP contribution in [0.4, 0.5) is 5.95 Å². The lowest BCUT2D eigenvalue weighted by Gasteiger charge is -2.01. The Morgan fingerprint density at radius 3 is 2.90 bits per heavy atom. The van der Waals surface area contributed by atoms with Crippen LogP contribution in [0.2, 0.25) is 0 Å². The second-order valence-corrected chi connectivity index (χ2v) is 3.93. The Labute approximate surface area is 112 Å². The Balaban J connectivity index is 2.02. The maximum atomic E-state index is 12.1. The number of carbonyl (C=O) groups excluding carboxylic acids is 2. The number of nitrogens with zero attached hydrogens (tertiary/aromatic N) is 2. The van der Waals surface area contributed by atoms with Gasteiger partial charge in [0.05, 0.1) is 5.56 Å². The molecule has 0 saturated heterocycles. The van der Waals surface area contributed by atoms with Crippen LogP contribution in [0.3, 0.4) is 0 Å². The number of H-pyrrole nitrogens is 1. The molecule has 2 heterocycles. The molecule has 0 fully saturated rings. The molecule has 0 spiro atoms. The lowest BCUT2D eigenvalue weighted by Crippen LogP contribution is -2.13. The highest BCUT2D eigenvalue weighted by molar-refractivity contribution is 6.10. The summed E-state index contributed by atoms with van der Waals surface area (Å²) in [4.78, 5) is 33.7. The van der Waals surface area contributed by atoms with Crippen LogP contribution in [0, 0.1) is 0 Å². The molecule has 2 aromatic heterocycles. The number of rotatable bonds is 3. The lowest BCUT2D eigenvalue weighted by molar-refractivity contribution is 0.0966. The van der Waals surface area contributed by atoms with Gasteiger partial charge in [-0.3, -0.25) is 14.9 Å². The van der Waals surface area contributed by atoms with Gasteiger partial charge in [-0.25, -0.2) is 9.97 Å². The van der Waals surface area contributed by atoms with Crippen molar-refractivity contribution in [1.82, 2.24) is 15.0 Å². The molecule has 100 valence electrons. The summed E-state index contributed by atoms with van der Waals surface area (Å²) in [5.74, 6) is -1.16. The van der Waals surface area contributed by atoms with Gasteiger partial charge in [0.15, 0.2) is 5.58 Å². The van der Waals surface area contributed by atoms with Crippen molar-refractivity contribution in [3.63, 3.8) is 0 Å². The molecule has 0 aliphatic carbocycles. The smallest absolute Gasteiger partial charge is 0.304 e. The van der Waals surface area contributed by atoms with E-state index in [0.29, 0.717) is 11.5 Å². The van der Waals surface area contributed by atoms with E-state index in [1.54, 1.807) is 24.4 Å². The molecule has 8 nitrogen and oxygen atoms in total. The highest BCUT2D eigenvalue weighted by Crippen LogP contribution is 2.20. The van der Waals surface area contributed by atoms with Gasteiger partial charge in [0.25, 0.3) is 11.8 Å². The number of nitrogens with two attached hydrogens (primary N) is 1. The van der Waals surface area contributed by atoms with Crippen LogP contribution in [-0.4, -0.2) is 26.8 Å². The Hall–Kier alpha value is -3.16. The van der Waals surface area contributed by atoms with Crippen molar-refractivity contribution in [2.24, 2.45) is 5.73 Å². The first-order chi connectivity index (χ1) is 9.65. The molecular weight excluding hydrogens is 262 g/mol. The van der Waals surface area contributed by atoms with E-state index in [4.69, 9.17) is 10.2 Å². The summed E-state index contributed by atoms with van der Waals surface area (Å²) < 4.78 is 5.22. The first-order valence-corrected chi connectivity index (χ1v) is 5.65. The Morgan fingerprint density at radius 1 is 1.35 bits per heavy atom. The van der Waals surface area contributed by atoms with E-state index in [-0.39, 0.29) is 17.0 Å². The van der Waals surface area contributed by atoms with E-state index in [2.05, 4.69) is 20.3 Å². The van der Waals surface area contributed by atoms with Crippen molar-refractivity contribution < 1.29 is 14.0 Å². The summed E-state index contributed by atoms with van der Waals surface area (Å²) in [6.45, 7) is 0. The largest absolute Gasteiger partial charge is 0.431 e. The monoisotopic (exact) mass is 271 g/mol. The summed E-state index contributed by atoms with van der Waals surface area (Å²) in [6.07, 6.45) is 3.09. The lowest BCUT2D eigenvalue weighted by atomic mass is 10.2. The van der Waals surface area contributed by atoms with Gasteiger partial charge < -0.3 is 15.1 Å². The molecule has 20 heavy (non-hydrogen) atoms. The van der Waals surface area contributed by atoms with Gasteiger partial charge >= 0.3 is 5.91 Å². The number of carbonyl (C=O) groups is 2. The first kappa shape index (κ1) is 11.9. The number of imidazole rings is 1. The Kier molecular flexibility index (Phi) is 2.68. The molecule has 0 aliphatic heterocycles. The van der Waals surface area contributed by atoms with Gasteiger partial charge in [-0.1, -0.05) is 6.07 Å². The quantitative estimate of drug-likeness (QED) is 0.652. The maximum absolute atomic E-state index is 12.1.